The van der Waals surface area contributed by atoms with Crippen LogP contribution in [0.3, 0.4) is 0 Å². The quantitative estimate of drug-likeness (QED) is 0.553. The second-order valence-corrected chi connectivity index (χ2v) is 8.77. The van der Waals surface area contributed by atoms with Crippen molar-refractivity contribution in [2.45, 2.75) is 64.6 Å². The molecule has 3 N–H and O–H groups in total. The van der Waals surface area contributed by atoms with E-state index in [1.165, 1.54) is 19.1 Å². The van der Waals surface area contributed by atoms with Crippen molar-refractivity contribution in [2.24, 2.45) is 0 Å². The van der Waals surface area contributed by atoms with Gasteiger partial charge in [0.15, 0.2) is 5.78 Å². The van der Waals surface area contributed by atoms with Gasteiger partial charge in [-0.1, -0.05) is 42.5 Å². The van der Waals surface area contributed by atoms with Gasteiger partial charge in [0.05, 0.1) is 6.04 Å². The number of aromatic hydroxyl groups is 1. The van der Waals surface area contributed by atoms with Crippen LogP contribution in [0.1, 0.15) is 45.2 Å². The minimum atomic E-state index is -0.869. The molecule has 0 saturated carbocycles. The van der Waals surface area contributed by atoms with Crippen LogP contribution >= 0.6 is 0 Å². The molecule has 0 saturated heterocycles. The van der Waals surface area contributed by atoms with Gasteiger partial charge in [-0.05, 0) is 70.2 Å². The Morgan fingerprint density at radius 3 is 2.09 bits per heavy atom. The number of ether oxygens (including phenoxy) is 1. The number of rotatable bonds is 9. The van der Waals surface area contributed by atoms with Crippen LogP contribution in [0.4, 0.5) is 4.79 Å². The molecule has 0 aliphatic heterocycles. The lowest BCUT2D eigenvalue weighted by Gasteiger charge is -2.25. The Hall–Kier alpha value is -3.35. The number of phenolic OH excluding ortho intramolecular Hbond substituents is 1. The molecule has 0 unspecified atom stereocenters. The first-order chi connectivity index (χ1) is 15.0. The maximum atomic E-state index is 13.1. The summed E-state index contributed by atoms with van der Waals surface area (Å²) in [6.07, 6.45) is 0.499. The van der Waals surface area contributed by atoms with Crippen molar-refractivity contribution >= 4 is 17.8 Å². The molecule has 2 aromatic carbocycles. The predicted octanol–water partition coefficient (Wildman–Crippen LogP) is 3.53. The van der Waals surface area contributed by atoms with Crippen molar-refractivity contribution < 1.29 is 24.2 Å². The normalized spacial score (nSPS) is 13.0. The summed E-state index contributed by atoms with van der Waals surface area (Å²) >= 11 is 0. The fourth-order valence-electron chi connectivity index (χ4n) is 3.11. The van der Waals surface area contributed by atoms with E-state index >= 15 is 0 Å². The van der Waals surface area contributed by atoms with E-state index in [0.717, 1.165) is 11.1 Å². The first-order valence-electron chi connectivity index (χ1n) is 10.7. The molecule has 0 fully saturated rings. The van der Waals surface area contributed by atoms with Gasteiger partial charge in [0.25, 0.3) is 0 Å². The topological polar surface area (TPSA) is 105 Å². The van der Waals surface area contributed by atoms with E-state index < -0.39 is 29.7 Å². The molecule has 0 spiro atoms. The average molecular weight is 441 g/mol. The van der Waals surface area contributed by atoms with Crippen LogP contribution in [0.5, 0.6) is 5.75 Å². The number of alkyl carbamates (subject to hydrolysis) is 1. The number of ketones is 1. The summed E-state index contributed by atoms with van der Waals surface area (Å²) in [7, 11) is 0. The van der Waals surface area contributed by atoms with Gasteiger partial charge in [-0.25, -0.2) is 4.79 Å². The lowest BCUT2D eigenvalue weighted by atomic mass is 10.0. The fraction of sp³-hybridized carbons (Fsp3) is 0.400. The Labute approximate surface area is 189 Å². The van der Waals surface area contributed by atoms with Gasteiger partial charge in [0.1, 0.15) is 17.4 Å². The number of phenols is 1. The third-order valence-electron chi connectivity index (χ3n) is 4.76. The smallest absolute Gasteiger partial charge is 0.408 e. The number of carbonyl (C=O) groups is 3. The van der Waals surface area contributed by atoms with Crippen LogP contribution in [-0.4, -0.2) is 40.6 Å². The molecule has 2 amide bonds. The Morgan fingerprint density at radius 1 is 0.906 bits per heavy atom. The molecule has 2 aromatic rings. The zero-order chi connectivity index (χ0) is 23.7. The van der Waals surface area contributed by atoms with Crippen molar-refractivity contribution in [3.05, 3.63) is 65.7 Å². The number of Topliss-reactive ketones (excluding diaryl/α,β-unsaturated/α-hetero) is 1. The minimum absolute atomic E-state index is 0.125. The summed E-state index contributed by atoms with van der Waals surface area (Å²) in [6, 6.07) is 14.5. The highest BCUT2D eigenvalue weighted by molar-refractivity contribution is 5.91. The van der Waals surface area contributed by atoms with E-state index in [4.69, 9.17) is 4.74 Å². The molecule has 0 radical (unpaired) electrons. The van der Waals surface area contributed by atoms with Crippen LogP contribution in [-0.2, 0) is 27.2 Å². The summed E-state index contributed by atoms with van der Waals surface area (Å²) in [5, 5.41) is 14.9. The van der Waals surface area contributed by atoms with E-state index in [1.54, 1.807) is 32.9 Å². The van der Waals surface area contributed by atoms with Crippen LogP contribution in [0, 0.1) is 0 Å². The summed E-state index contributed by atoms with van der Waals surface area (Å²) < 4.78 is 5.31. The van der Waals surface area contributed by atoms with Crippen LogP contribution in [0.2, 0.25) is 0 Å². The van der Waals surface area contributed by atoms with Crippen LogP contribution in [0.15, 0.2) is 54.6 Å². The minimum Gasteiger partial charge on any atom is -0.508 e. The molecule has 0 aliphatic rings. The third kappa shape index (κ3) is 8.79. The summed E-state index contributed by atoms with van der Waals surface area (Å²) in [5.41, 5.74) is 1.12. The molecule has 0 aromatic heterocycles. The molecular weight excluding hydrogens is 408 g/mol. The highest BCUT2D eigenvalue weighted by Gasteiger charge is 2.27. The Kier molecular flexibility index (Phi) is 8.81. The summed E-state index contributed by atoms with van der Waals surface area (Å²) in [4.78, 5) is 37.6. The predicted molar refractivity (Wildman–Crippen MR) is 122 cm³/mol. The molecule has 0 aliphatic carbocycles. The number of hydrogen-bond donors (Lipinski definition) is 3. The van der Waals surface area contributed by atoms with E-state index in [1.807, 2.05) is 30.3 Å². The summed E-state index contributed by atoms with van der Waals surface area (Å²) in [6.45, 7) is 6.64. The number of benzene rings is 2. The molecule has 172 valence electrons. The van der Waals surface area contributed by atoms with Gasteiger partial charge in [-0.2, -0.15) is 0 Å². The molecular formula is C25H32N2O5. The lowest BCUT2D eigenvalue weighted by molar-refractivity contribution is -0.128. The second kappa shape index (κ2) is 11.3. The Balaban J connectivity index is 2.11. The standard InChI is InChI=1S/C25H32N2O5/c1-17(28)22(16-19-10-13-20(29)14-11-19)26-23(30)21(27-24(31)32-25(2,3)4)15-12-18-8-6-5-7-9-18/h5-11,13-14,21-22,29H,12,15-16H2,1-4H3,(H,26,30)(H,27,31)/t21-,22+/m1/s1. The zero-order valence-corrected chi connectivity index (χ0v) is 19.1. The maximum Gasteiger partial charge on any atom is 0.408 e. The second-order valence-electron chi connectivity index (χ2n) is 8.77. The first-order valence-corrected chi connectivity index (χ1v) is 10.7. The highest BCUT2D eigenvalue weighted by Crippen LogP contribution is 2.13. The van der Waals surface area contributed by atoms with Crippen molar-refractivity contribution in [2.75, 3.05) is 0 Å². The van der Waals surface area contributed by atoms with Gasteiger partial charge < -0.3 is 20.5 Å². The maximum absolute atomic E-state index is 13.1. The van der Waals surface area contributed by atoms with Gasteiger partial charge in [0.2, 0.25) is 5.91 Å². The molecule has 0 heterocycles. The Morgan fingerprint density at radius 2 is 1.53 bits per heavy atom. The largest absolute Gasteiger partial charge is 0.508 e. The van der Waals surface area contributed by atoms with Gasteiger partial charge in [-0.3, -0.25) is 9.59 Å². The summed E-state index contributed by atoms with van der Waals surface area (Å²) in [5.74, 6) is -0.532. The van der Waals surface area contributed by atoms with Crippen LogP contribution in [0.25, 0.3) is 0 Å². The molecule has 7 heteroatoms. The van der Waals surface area contributed by atoms with Crippen molar-refractivity contribution in [1.29, 1.82) is 0 Å². The van der Waals surface area contributed by atoms with Crippen molar-refractivity contribution in [1.82, 2.24) is 10.6 Å². The highest BCUT2D eigenvalue weighted by atomic mass is 16.6. The Bertz CT molecular complexity index is 904. The monoisotopic (exact) mass is 440 g/mol. The van der Waals surface area contributed by atoms with Crippen molar-refractivity contribution in [3.8, 4) is 5.75 Å². The van der Waals surface area contributed by atoms with E-state index in [9.17, 15) is 19.5 Å². The number of carbonyl (C=O) groups excluding carboxylic acids is 3. The molecule has 7 nitrogen and oxygen atoms in total. The third-order valence-corrected chi connectivity index (χ3v) is 4.76. The fourth-order valence-corrected chi connectivity index (χ4v) is 3.11. The zero-order valence-electron chi connectivity index (χ0n) is 19.1. The molecule has 0 bridgehead atoms. The lowest BCUT2D eigenvalue weighted by Crippen LogP contribution is -2.52. The van der Waals surface area contributed by atoms with Gasteiger partial charge >= 0.3 is 6.09 Å². The molecule has 32 heavy (non-hydrogen) atoms. The number of nitrogens with one attached hydrogen (secondary N) is 2. The van der Waals surface area contributed by atoms with Gasteiger partial charge in [-0.15, -0.1) is 0 Å². The van der Waals surface area contributed by atoms with Gasteiger partial charge in [0, 0.05) is 0 Å². The van der Waals surface area contributed by atoms with E-state index in [-0.39, 0.29) is 18.0 Å². The first kappa shape index (κ1) is 24.9. The average Bonchev–Trinajstić information content (AvgIpc) is 2.71. The van der Waals surface area contributed by atoms with E-state index in [0.29, 0.717) is 12.8 Å². The van der Waals surface area contributed by atoms with Crippen LogP contribution < -0.4 is 10.6 Å². The molecule has 2 atom stereocenters. The number of amides is 2. The molecule has 2 rings (SSSR count). The van der Waals surface area contributed by atoms with Crippen molar-refractivity contribution in [3.63, 3.8) is 0 Å². The van der Waals surface area contributed by atoms with E-state index in [2.05, 4.69) is 10.6 Å². The SMILES string of the molecule is CC(=O)[C@H](Cc1ccc(O)cc1)NC(=O)[C@@H](CCc1ccccc1)NC(=O)OC(C)(C)C. The number of aryl methyl sites for hydroxylation is 1. The number of hydrogen-bond acceptors (Lipinski definition) is 5.